The maximum absolute atomic E-state index is 11.7. The van der Waals surface area contributed by atoms with Gasteiger partial charge in [-0.25, -0.2) is 4.68 Å². The van der Waals surface area contributed by atoms with Gasteiger partial charge in [-0.3, -0.25) is 14.9 Å². The molecule has 1 N–H and O–H groups in total. The molecule has 1 unspecified atom stereocenters. The molecule has 1 rings (SSSR count). The Balaban J connectivity index is 2.75. The highest BCUT2D eigenvalue weighted by atomic mass is 16.6. The molecule has 1 aromatic rings. The number of nitro groups is 1. The number of nitrogens with zero attached hydrogens (tertiary/aromatic N) is 3. The molecular formula is C12H20N4O4. The predicted molar refractivity (Wildman–Crippen MR) is 73.5 cm³/mol. The molecule has 0 amide bonds. The second-order valence-corrected chi connectivity index (χ2v) is 4.93. The van der Waals surface area contributed by atoms with Gasteiger partial charge in [-0.2, -0.15) is 5.10 Å². The summed E-state index contributed by atoms with van der Waals surface area (Å²) in [7, 11) is 1.61. The van der Waals surface area contributed by atoms with E-state index in [0.29, 0.717) is 5.69 Å². The minimum atomic E-state index is -0.484. The van der Waals surface area contributed by atoms with Crippen molar-refractivity contribution < 1.29 is 14.5 Å². The molecule has 0 saturated heterocycles. The Morgan fingerprint density at radius 3 is 2.60 bits per heavy atom. The van der Waals surface area contributed by atoms with Crippen molar-refractivity contribution >= 4 is 17.5 Å². The van der Waals surface area contributed by atoms with Crippen LogP contribution in [0.4, 0.5) is 11.5 Å². The van der Waals surface area contributed by atoms with Crippen molar-refractivity contribution in [2.45, 2.75) is 33.8 Å². The van der Waals surface area contributed by atoms with E-state index in [0.717, 1.165) is 0 Å². The van der Waals surface area contributed by atoms with E-state index in [9.17, 15) is 14.9 Å². The molecule has 0 aliphatic heterocycles. The van der Waals surface area contributed by atoms with Crippen molar-refractivity contribution in [3.8, 4) is 0 Å². The van der Waals surface area contributed by atoms with Gasteiger partial charge in [0.15, 0.2) is 0 Å². The van der Waals surface area contributed by atoms with E-state index in [1.54, 1.807) is 34.7 Å². The number of carbonyl (C=O) groups excluding carboxylic acids is 1. The van der Waals surface area contributed by atoms with Crippen LogP contribution in [-0.2, 0) is 16.6 Å². The molecular weight excluding hydrogens is 264 g/mol. The lowest BCUT2D eigenvalue weighted by Gasteiger charge is -2.14. The third-order valence-corrected chi connectivity index (χ3v) is 2.70. The van der Waals surface area contributed by atoms with E-state index < -0.39 is 10.8 Å². The average Bonchev–Trinajstić information content (AvgIpc) is 2.59. The van der Waals surface area contributed by atoms with Crippen molar-refractivity contribution in [1.82, 2.24) is 9.78 Å². The summed E-state index contributed by atoms with van der Waals surface area (Å²) in [6, 6.07) is 0. The largest absolute Gasteiger partial charge is 0.463 e. The van der Waals surface area contributed by atoms with Gasteiger partial charge in [0.05, 0.1) is 16.9 Å². The molecule has 0 radical (unpaired) electrons. The first-order chi connectivity index (χ1) is 9.23. The van der Waals surface area contributed by atoms with E-state index in [2.05, 4.69) is 10.4 Å². The summed E-state index contributed by atoms with van der Waals surface area (Å²) in [5, 5.41) is 17.9. The number of aromatic nitrogens is 2. The number of carbonyl (C=O) groups is 1. The minimum Gasteiger partial charge on any atom is -0.463 e. The molecule has 8 heteroatoms. The highest BCUT2D eigenvalue weighted by Crippen LogP contribution is 2.27. The van der Waals surface area contributed by atoms with Crippen LogP contribution in [0.2, 0.25) is 0 Å². The summed E-state index contributed by atoms with van der Waals surface area (Å²) in [5.41, 5.74) is 0.259. The molecule has 112 valence electrons. The molecule has 0 fully saturated rings. The van der Waals surface area contributed by atoms with Crippen LogP contribution in [0.5, 0.6) is 0 Å². The maximum atomic E-state index is 11.7. The molecule has 1 aromatic heterocycles. The number of aryl methyl sites for hydroxylation is 2. The highest BCUT2D eigenvalue weighted by molar-refractivity contribution is 5.73. The van der Waals surface area contributed by atoms with Gasteiger partial charge >= 0.3 is 11.7 Å². The van der Waals surface area contributed by atoms with Gasteiger partial charge in [0.25, 0.3) is 0 Å². The number of rotatable bonds is 6. The zero-order valence-corrected chi connectivity index (χ0v) is 12.3. The molecule has 0 aliphatic carbocycles. The molecule has 0 spiro atoms. The Kier molecular flexibility index (Phi) is 5.06. The van der Waals surface area contributed by atoms with Gasteiger partial charge in [0.2, 0.25) is 5.82 Å². The highest BCUT2D eigenvalue weighted by Gasteiger charge is 2.25. The Hall–Kier alpha value is -2.12. The molecule has 0 aliphatic rings. The van der Waals surface area contributed by atoms with Crippen molar-refractivity contribution in [2.75, 3.05) is 11.9 Å². The fraction of sp³-hybridized carbons (Fsp3) is 0.667. The van der Waals surface area contributed by atoms with E-state index in [4.69, 9.17) is 4.74 Å². The van der Waals surface area contributed by atoms with E-state index >= 15 is 0 Å². The zero-order chi connectivity index (χ0) is 15.4. The Bertz CT molecular complexity index is 510. The third-order valence-electron chi connectivity index (χ3n) is 2.70. The predicted octanol–water partition coefficient (Wildman–Crippen LogP) is 1.64. The number of esters is 1. The molecule has 0 bridgehead atoms. The molecule has 20 heavy (non-hydrogen) atoms. The normalized spacial score (nSPS) is 12.3. The van der Waals surface area contributed by atoms with Gasteiger partial charge in [0.1, 0.15) is 5.69 Å². The Morgan fingerprint density at radius 2 is 2.10 bits per heavy atom. The monoisotopic (exact) mass is 284 g/mol. The number of hydrogen-bond acceptors (Lipinski definition) is 6. The molecule has 8 nitrogen and oxygen atoms in total. The smallest absolute Gasteiger partial charge is 0.333 e. The van der Waals surface area contributed by atoms with Crippen LogP contribution in [0.15, 0.2) is 0 Å². The summed E-state index contributed by atoms with van der Waals surface area (Å²) >= 11 is 0. The SMILES string of the molecule is Cc1nn(C)c(NCC(C)C(=O)OC(C)C)c1[N+](=O)[O-]. The Labute approximate surface area is 117 Å². The van der Waals surface area contributed by atoms with Crippen molar-refractivity contribution in [1.29, 1.82) is 0 Å². The van der Waals surface area contributed by atoms with Gasteiger partial charge < -0.3 is 10.1 Å². The quantitative estimate of drug-likeness (QED) is 0.484. The van der Waals surface area contributed by atoms with Gasteiger partial charge in [0, 0.05) is 13.6 Å². The third kappa shape index (κ3) is 3.69. The van der Waals surface area contributed by atoms with Gasteiger partial charge in [-0.15, -0.1) is 0 Å². The zero-order valence-electron chi connectivity index (χ0n) is 12.3. The minimum absolute atomic E-state index is 0.0723. The molecule has 1 heterocycles. The second-order valence-electron chi connectivity index (χ2n) is 4.93. The average molecular weight is 284 g/mol. The lowest BCUT2D eigenvalue weighted by molar-refractivity contribution is -0.384. The van der Waals surface area contributed by atoms with Crippen LogP contribution in [0, 0.1) is 23.0 Å². The standard InChI is InChI=1S/C12H20N4O4/c1-7(2)20-12(17)8(3)6-13-11-10(16(18)19)9(4)14-15(11)5/h7-8,13H,6H2,1-5H3. The van der Waals surface area contributed by atoms with Crippen LogP contribution in [0.3, 0.4) is 0 Å². The summed E-state index contributed by atoms with van der Waals surface area (Å²) in [6.45, 7) is 7.05. The summed E-state index contributed by atoms with van der Waals surface area (Å²) in [6.07, 6.45) is -0.182. The van der Waals surface area contributed by atoms with Gasteiger partial charge in [-0.1, -0.05) is 6.92 Å². The number of anilines is 1. The van der Waals surface area contributed by atoms with Crippen molar-refractivity contribution in [3.05, 3.63) is 15.8 Å². The van der Waals surface area contributed by atoms with Crippen molar-refractivity contribution in [2.24, 2.45) is 13.0 Å². The first-order valence-electron chi connectivity index (χ1n) is 6.36. The fourth-order valence-corrected chi connectivity index (χ4v) is 1.75. The molecule has 0 aromatic carbocycles. The van der Waals surface area contributed by atoms with Crippen molar-refractivity contribution in [3.63, 3.8) is 0 Å². The van der Waals surface area contributed by atoms with E-state index in [-0.39, 0.29) is 30.1 Å². The van der Waals surface area contributed by atoms with Crippen LogP contribution in [0.25, 0.3) is 0 Å². The van der Waals surface area contributed by atoms with E-state index in [1.165, 1.54) is 4.68 Å². The number of hydrogen-bond donors (Lipinski definition) is 1. The first kappa shape index (κ1) is 15.9. The number of nitrogens with one attached hydrogen (secondary N) is 1. The lowest BCUT2D eigenvalue weighted by atomic mass is 10.2. The fourth-order valence-electron chi connectivity index (χ4n) is 1.75. The Morgan fingerprint density at radius 1 is 1.50 bits per heavy atom. The van der Waals surface area contributed by atoms with Crippen LogP contribution >= 0.6 is 0 Å². The first-order valence-corrected chi connectivity index (χ1v) is 6.36. The maximum Gasteiger partial charge on any atom is 0.333 e. The van der Waals surface area contributed by atoms with Crippen LogP contribution in [0.1, 0.15) is 26.5 Å². The van der Waals surface area contributed by atoms with Gasteiger partial charge in [-0.05, 0) is 20.8 Å². The second kappa shape index (κ2) is 6.36. The topological polar surface area (TPSA) is 99.3 Å². The number of ether oxygens (including phenoxy) is 1. The van der Waals surface area contributed by atoms with Crippen LogP contribution < -0.4 is 5.32 Å². The lowest BCUT2D eigenvalue weighted by Crippen LogP contribution is -2.25. The summed E-state index contributed by atoms with van der Waals surface area (Å²) in [4.78, 5) is 22.2. The summed E-state index contributed by atoms with van der Waals surface area (Å²) in [5.74, 6) is -0.460. The molecule has 0 saturated carbocycles. The van der Waals surface area contributed by atoms with Crippen LogP contribution in [-0.4, -0.2) is 33.3 Å². The summed E-state index contributed by atoms with van der Waals surface area (Å²) < 4.78 is 6.48. The van der Waals surface area contributed by atoms with E-state index in [1.807, 2.05) is 0 Å². The molecule has 1 atom stereocenters.